The predicted octanol–water partition coefficient (Wildman–Crippen LogP) is 3.26. The molecule has 0 aromatic heterocycles. The molecule has 128 valence electrons. The van der Waals surface area contributed by atoms with Gasteiger partial charge in [0.05, 0.1) is 13.2 Å². The molecule has 24 heavy (non-hydrogen) atoms. The van der Waals surface area contributed by atoms with Crippen LogP contribution in [0.1, 0.15) is 24.0 Å². The molecule has 1 saturated heterocycles. The predicted molar refractivity (Wildman–Crippen MR) is 97.3 cm³/mol. The summed E-state index contributed by atoms with van der Waals surface area (Å²) in [6, 6.07) is 16.7. The van der Waals surface area contributed by atoms with E-state index in [4.69, 9.17) is 4.74 Å². The minimum absolute atomic E-state index is 0.106. The van der Waals surface area contributed by atoms with Gasteiger partial charge in [0, 0.05) is 31.9 Å². The number of aliphatic hydroxyl groups excluding tert-OH is 1. The average Bonchev–Trinajstić information content (AvgIpc) is 2.63. The Balaban J connectivity index is 1.48. The van der Waals surface area contributed by atoms with Crippen LogP contribution in [-0.2, 0) is 13.1 Å². The number of aliphatic hydroxyl groups is 1. The molecule has 3 rings (SSSR count). The molecule has 0 amide bonds. The number of benzene rings is 2. The maximum atomic E-state index is 9.57. The van der Waals surface area contributed by atoms with Gasteiger partial charge in [-0.15, -0.1) is 0 Å². The topological polar surface area (TPSA) is 44.7 Å². The lowest BCUT2D eigenvalue weighted by atomic mass is 10.1. The summed E-state index contributed by atoms with van der Waals surface area (Å²) in [5.74, 6) is 0.883. The van der Waals surface area contributed by atoms with E-state index in [0.717, 1.165) is 50.5 Å². The minimum Gasteiger partial charge on any atom is -0.497 e. The highest BCUT2D eigenvalue weighted by molar-refractivity contribution is 5.45. The van der Waals surface area contributed by atoms with Gasteiger partial charge in [-0.3, -0.25) is 4.90 Å². The molecule has 1 heterocycles. The van der Waals surface area contributed by atoms with Gasteiger partial charge in [0.1, 0.15) is 5.75 Å². The first-order valence-electron chi connectivity index (χ1n) is 8.59. The lowest BCUT2D eigenvalue weighted by molar-refractivity contribution is 0.0792. The number of rotatable bonds is 6. The zero-order valence-corrected chi connectivity index (χ0v) is 14.2. The van der Waals surface area contributed by atoms with Crippen molar-refractivity contribution < 1.29 is 9.84 Å². The molecular weight excluding hydrogens is 300 g/mol. The Labute approximate surface area is 144 Å². The van der Waals surface area contributed by atoms with E-state index in [1.54, 1.807) is 7.11 Å². The highest BCUT2D eigenvalue weighted by atomic mass is 16.5. The Bertz CT molecular complexity index is 617. The monoisotopic (exact) mass is 326 g/mol. The van der Waals surface area contributed by atoms with E-state index < -0.39 is 0 Å². The van der Waals surface area contributed by atoms with Crippen LogP contribution in [0.3, 0.4) is 0 Å². The van der Waals surface area contributed by atoms with Crippen molar-refractivity contribution in [3.05, 3.63) is 59.7 Å². The smallest absolute Gasteiger partial charge is 0.118 e. The molecule has 2 aromatic carbocycles. The number of anilines is 1. The van der Waals surface area contributed by atoms with Crippen LogP contribution in [0.15, 0.2) is 48.5 Å². The van der Waals surface area contributed by atoms with Crippen molar-refractivity contribution >= 4 is 5.69 Å². The fourth-order valence-corrected chi connectivity index (χ4v) is 3.01. The summed E-state index contributed by atoms with van der Waals surface area (Å²) < 4.78 is 5.18. The zero-order chi connectivity index (χ0) is 16.8. The number of likely N-dealkylation sites (tertiary alicyclic amines) is 1. The third kappa shape index (κ3) is 4.73. The second kappa shape index (κ2) is 8.18. The maximum Gasteiger partial charge on any atom is 0.118 e. The number of nitrogens with zero attached hydrogens (tertiary/aromatic N) is 1. The Kier molecular flexibility index (Phi) is 5.72. The molecule has 4 nitrogen and oxygen atoms in total. The molecule has 4 heteroatoms. The lowest BCUT2D eigenvalue weighted by Crippen LogP contribution is -2.35. The Morgan fingerprint density at radius 1 is 1.00 bits per heavy atom. The van der Waals surface area contributed by atoms with Crippen LogP contribution < -0.4 is 10.1 Å². The molecule has 0 spiro atoms. The van der Waals surface area contributed by atoms with Crippen LogP contribution in [0.4, 0.5) is 5.69 Å². The van der Waals surface area contributed by atoms with Gasteiger partial charge in [-0.1, -0.05) is 24.3 Å². The van der Waals surface area contributed by atoms with E-state index >= 15 is 0 Å². The van der Waals surface area contributed by atoms with Gasteiger partial charge < -0.3 is 15.2 Å². The summed E-state index contributed by atoms with van der Waals surface area (Å²) in [6.07, 6.45) is 1.67. The third-order valence-corrected chi connectivity index (χ3v) is 4.57. The van der Waals surface area contributed by atoms with Crippen molar-refractivity contribution in [1.82, 2.24) is 4.90 Å². The standard InChI is InChI=1S/C20H26N2O2/c1-24-20-8-4-16(5-9-20)14-21-18-6-2-17(3-7-18)15-22-12-10-19(23)11-13-22/h2-9,19,21,23H,10-15H2,1H3. The van der Waals surface area contributed by atoms with E-state index in [2.05, 4.69) is 46.6 Å². The van der Waals surface area contributed by atoms with E-state index in [0.29, 0.717) is 0 Å². The summed E-state index contributed by atoms with van der Waals surface area (Å²) in [5, 5.41) is 13.0. The second-order valence-corrected chi connectivity index (χ2v) is 6.41. The van der Waals surface area contributed by atoms with Crippen LogP contribution in [0.2, 0.25) is 0 Å². The van der Waals surface area contributed by atoms with Crippen LogP contribution in [-0.4, -0.2) is 36.3 Å². The van der Waals surface area contributed by atoms with Crippen molar-refractivity contribution in [3.63, 3.8) is 0 Å². The van der Waals surface area contributed by atoms with E-state index in [1.807, 2.05) is 12.1 Å². The van der Waals surface area contributed by atoms with Gasteiger partial charge in [-0.25, -0.2) is 0 Å². The summed E-state index contributed by atoms with van der Waals surface area (Å²) in [5.41, 5.74) is 3.68. The molecule has 0 radical (unpaired) electrons. The van der Waals surface area contributed by atoms with Crippen molar-refractivity contribution in [1.29, 1.82) is 0 Å². The molecule has 0 bridgehead atoms. The van der Waals surface area contributed by atoms with Crippen molar-refractivity contribution in [2.24, 2.45) is 0 Å². The Morgan fingerprint density at radius 3 is 2.25 bits per heavy atom. The Hall–Kier alpha value is -2.04. The lowest BCUT2D eigenvalue weighted by Gasteiger charge is -2.29. The number of methoxy groups -OCH3 is 1. The van der Waals surface area contributed by atoms with Gasteiger partial charge in [0.2, 0.25) is 0 Å². The number of nitrogens with one attached hydrogen (secondary N) is 1. The fraction of sp³-hybridized carbons (Fsp3) is 0.400. The first kappa shape index (κ1) is 16.8. The summed E-state index contributed by atoms with van der Waals surface area (Å²) in [7, 11) is 1.68. The highest BCUT2D eigenvalue weighted by Crippen LogP contribution is 2.17. The zero-order valence-electron chi connectivity index (χ0n) is 14.2. The molecule has 2 N–H and O–H groups in total. The maximum absolute atomic E-state index is 9.57. The fourth-order valence-electron chi connectivity index (χ4n) is 3.01. The van der Waals surface area contributed by atoms with Crippen LogP contribution in [0, 0.1) is 0 Å². The molecule has 0 atom stereocenters. The Morgan fingerprint density at radius 2 is 1.62 bits per heavy atom. The first-order valence-corrected chi connectivity index (χ1v) is 8.59. The third-order valence-electron chi connectivity index (χ3n) is 4.57. The van der Waals surface area contributed by atoms with Crippen molar-refractivity contribution in [2.45, 2.75) is 32.0 Å². The number of hydrogen-bond acceptors (Lipinski definition) is 4. The van der Waals surface area contributed by atoms with E-state index in [1.165, 1.54) is 11.1 Å². The minimum atomic E-state index is -0.106. The van der Waals surface area contributed by atoms with E-state index in [9.17, 15) is 5.11 Å². The second-order valence-electron chi connectivity index (χ2n) is 6.41. The highest BCUT2D eigenvalue weighted by Gasteiger charge is 2.16. The molecule has 0 saturated carbocycles. The van der Waals surface area contributed by atoms with Crippen molar-refractivity contribution in [3.8, 4) is 5.75 Å². The van der Waals surface area contributed by atoms with Crippen LogP contribution in [0.5, 0.6) is 5.75 Å². The SMILES string of the molecule is COc1ccc(CNc2ccc(CN3CCC(O)CC3)cc2)cc1. The molecule has 0 unspecified atom stereocenters. The van der Waals surface area contributed by atoms with Gasteiger partial charge in [-0.2, -0.15) is 0 Å². The van der Waals surface area contributed by atoms with E-state index in [-0.39, 0.29) is 6.10 Å². The molecule has 1 aliphatic heterocycles. The summed E-state index contributed by atoms with van der Waals surface area (Å²) >= 11 is 0. The quantitative estimate of drug-likeness (QED) is 0.855. The number of hydrogen-bond donors (Lipinski definition) is 2. The van der Waals surface area contributed by atoms with Gasteiger partial charge in [0.15, 0.2) is 0 Å². The molecular formula is C20H26N2O2. The average molecular weight is 326 g/mol. The van der Waals surface area contributed by atoms with Crippen LogP contribution >= 0.6 is 0 Å². The first-order chi connectivity index (χ1) is 11.7. The molecule has 2 aromatic rings. The van der Waals surface area contributed by atoms with Gasteiger partial charge in [0.25, 0.3) is 0 Å². The van der Waals surface area contributed by atoms with Crippen molar-refractivity contribution in [2.75, 3.05) is 25.5 Å². The van der Waals surface area contributed by atoms with Gasteiger partial charge in [-0.05, 0) is 48.2 Å². The molecule has 1 fully saturated rings. The van der Waals surface area contributed by atoms with Gasteiger partial charge >= 0.3 is 0 Å². The molecule has 1 aliphatic rings. The number of piperidine rings is 1. The normalized spacial score (nSPS) is 16.1. The molecule has 0 aliphatic carbocycles. The summed E-state index contributed by atoms with van der Waals surface area (Å²) in [6.45, 7) is 3.73. The van der Waals surface area contributed by atoms with Crippen LogP contribution in [0.25, 0.3) is 0 Å². The number of ether oxygens (including phenoxy) is 1. The largest absolute Gasteiger partial charge is 0.497 e. The summed E-state index contributed by atoms with van der Waals surface area (Å²) in [4.78, 5) is 2.41.